The van der Waals surface area contributed by atoms with Crippen LogP contribution in [0.2, 0.25) is 0 Å². The monoisotopic (exact) mass is 409 g/mol. The Kier molecular flexibility index (Phi) is 5.64. The average Bonchev–Trinajstić information content (AvgIpc) is 2.61. The number of thioether (sulfide) groups is 1. The largest absolute Gasteiger partial charge is 0.465 e. The summed E-state index contributed by atoms with van der Waals surface area (Å²) in [6.45, 7) is 5.48. The molecule has 1 heterocycles. The SMILES string of the molecule is COC1CCC2(c3cc(N)ccc3F)N=C(N(C(=O)O)C(C)(C)C)SCC2C1. The van der Waals surface area contributed by atoms with E-state index in [4.69, 9.17) is 15.5 Å². The number of hydrogen-bond donors (Lipinski definition) is 2. The number of nitrogen functional groups attached to an aromatic ring is 1. The molecular weight excluding hydrogens is 381 g/mol. The van der Waals surface area contributed by atoms with Crippen molar-refractivity contribution < 1.29 is 19.0 Å². The summed E-state index contributed by atoms with van der Waals surface area (Å²) >= 11 is 1.41. The number of anilines is 1. The predicted molar refractivity (Wildman–Crippen MR) is 110 cm³/mol. The number of amides is 1. The Morgan fingerprint density at radius 2 is 2.18 bits per heavy atom. The molecule has 0 radical (unpaired) electrons. The third-order valence-corrected chi connectivity index (χ3v) is 6.72. The third-order valence-electron chi connectivity index (χ3n) is 5.62. The predicted octanol–water partition coefficient (Wildman–Crippen LogP) is 4.30. The van der Waals surface area contributed by atoms with Crippen molar-refractivity contribution in [2.45, 2.75) is 57.2 Å². The van der Waals surface area contributed by atoms with Gasteiger partial charge in [-0.1, -0.05) is 11.8 Å². The molecule has 3 rings (SSSR count). The number of hydrogen-bond acceptors (Lipinski definition) is 5. The molecule has 1 fully saturated rings. The summed E-state index contributed by atoms with van der Waals surface area (Å²) in [5.41, 5.74) is 5.39. The molecule has 0 aromatic heterocycles. The van der Waals surface area contributed by atoms with Crippen molar-refractivity contribution in [3.05, 3.63) is 29.6 Å². The normalized spacial score (nSPS) is 27.7. The van der Waals surface area contributed by atoms with Gasteiger partial charge in [0.25, 0.3) is 0 Å². The zero-order valence-electron chi connectivity index (χ0n) is 16.7. The molecule has 0 spiro atoms. The van der Waals surface area contributed by atoms with Crippen molar-refractivity contribution in [2.24, 2.45) is 10.9 Å². The molecule has 3 atom stereocenters. The molecule has 154 valence electrons. The highest BCUT2D eigenvalue weighted by atomic mass is 32.2. The summed E-state index contributed by atoms with van der Waals surface area (Å²) < 4.78 is 20.5. The standard InChI is InChI=1S/C20H28FN3O3S/c1-19(2,3)24(18(25)26)17-23-20(15-10-13(22)5-6-16(15)21)8-7-14(27-4)9-12(20)11-28-17/h5-6,10,12,14H,7-9,11,22H2,1-4H3,(H,25,26). The zero-order chi connectivity index (χ0) is 20.7. The molecule has 1 aliphatic carbocycles. The second-order valence-corrected chi connectivity index (χ2v) is 9.47. The lowest BCUT2D eigenvalue weighted by Gasteiger charge is -2.48. The van der Waals surface area contributed by atoms with Crippen molar-refractivity contribution in [3.63, 3.8) is 0 Å². The van der Waals surface area contributed by atoms with Gasteiger partial charge in [0, 0.05) is 35.6 Å². The number of methoxy groups -OCH3 is 1. The third kappa shape index (κ3) is 3.72. The first-order valence-electron chi connectivity index (χ1n) is 9.42. The van der Waals surface area contributed by atoms with Crippen LogP contribution in [-0.2, 0) is 10.3 Å². The number of carboxylic acid groups (broad SMARTS) is 1. The van der Waals surface area contributed by atoms with Crippen LogP contribution >= 0.6 is 11.8 Å². The molecule has 0 saturated heterocycles. The molecule has 1 amide bonds. The Labute approximate surface area is 169 Å². The summed E-state index contributed by atoms with van der Waals surface area (Å²) in [6.07, 6.45) is 1.09. The Bertz CT molecular complexity index is 795. The lowest BCUT2D eigenvalue weighted by atomic mass is 9.68. The second-order valence-electron chi connectivity index (χ2n) is 8.49. The van der Waals surface area contributed by atoms with Crippen molar-refractivity contribution in [3.8, 4) is 0 Å². The highest BCUT2D eigenvalue weighted by Gasteiger charge is 2.50. The lowest BCUT2D eigenvalue weighted by molar-refractivity contribution is 0.0223. The first-order valence-corrected chi connectivity index (χ1v) is 10.4. The minimum atomic E-state index is -1.06. The fourth-order valence-electron chi connectivity index (χ4n) is 4.22. The molecule has 1 saturated carbocycles. The first kappa shape index (κ1) is 20.9. The van der Waals surface area contributed by atoms with E-state index in [2.05, 4.69) is 0 Å². The Morgan fingerprint density at radius 3 is 2.79 bits per heavy atom. The van der Waals surface area contributed by atoms with E-state index in [9.17, 15) is 14.3 Å². The van der Waals surface area contributed by atoms with E-state index in [0.29, 0.717) is 28.6 Å². The van der Waals surface area contributed by atoms with Gasteiger partial charge in [-0.15, -0.1) is 0 Å². The van der Waals surface area contributed by atoms with Crippen molar-refractivity contribution in [2.75, 3.05) is 18.6 Å². The van der Waals surface area contributed by atoms with E-state index in [0.717, 1.165) is 12.8 Å². The van der Waals surface area contributed by atoms with Crippen LogP contribution in [0.1, 0.15) is 45.6 Å². The minimum Gasteiger partial charge on any atom is -0.465 e. The van der Waals surface area contributed by atoms with E-state index in [-0.39, 0.29) is 17.8 Å². The van der Waals surface area contributed by atoms with Gasteiger partial charge in [0.1, 0.15) is 5.82 Å². The van der Waals surface area contributed by atoms with E-state index >= 15 is 0 Å². The number of amidine groups is 1. The van der Waals surface area contributed by atoms with Crippen LogP contribution in [0, 0.1) is 11.7 Å². The highest BCUT2D eigenvalue weighted by molar-refractivity contribution is 8.13. The Hall–Kier alpha value is -1.80. The average molecular weight is 410 g/mol. The molecule has 3 N–H and O–H groups in total. The van der Waals surface area contributed by atoms with Gasteiger partial charge in [0.05, 0.1) is 11.6 Å². The van der Waals surface area contributed by atoms with Gasteiger partial charge >= 0.3 is 6.09 Å². The van der Waals surface area contributed by atoms with Crippen LogP contribution in [0.4, 0.5) is 14.9 Å². The number of carbonyl (C=O) groups is 1. The smallest absolute Gasteiger partial charge is 0.413 e. The fraction of sp³-hybridized carbons (Fsp3) is 0.600. The Balaban J connectivity index is 2.16. The number of halogens is 1. The summed E-state index contributed by atoms with van der Waals surface area (Å²) in [7, 11) is 1.69. The van der Waals surface area contributed by atoms with E-state index in [1.54, 1.807) is 13.2 Å². The van der Waals surface area contributed by atoms with Crippen LogP contribution in [0.15, 0.2) is 23.2 Å². The number of ether oxygens (including phenoxy) is 1. The zero-order valence-corrected chi connectivity index (χ0v) is 17.6. The van der Waals surface area contributed by atoms with Crippen LogP contribution in [0.5, 0.6) is 0 Å². The highest BCUT2D eigenvalue weighted by Crippen LogP contribution is 2.51. The molecule has 3 unspecified atom stereocenters. The molecule has 1 aromatic carbocycles. The minimum absolute atomic E-state index is 0.0341. The Morgan fingerprint density at radius 1 is 1.46 bits per heavy atom. The summed E-state index contributed by atoms with van der Waals surface area (Å²) in [6, 6.07) is 4.55. The molecule has 2 aliphatic rings. The van der Waals surface area contributed by atoms with Crippen LogP contribution in [-0.4, -0.2) is 45.8 Å². The number of rotatable bonds is 2. The molecule has 0 bridgehead atoms. The quantitative estimate of drug-likeness (QED) is 0.711. The van der Waals surface area contributed by atoms with Crippen molar-refractivity contribution in [1.82, 2.24) is 4.90 Å². The summed E-state index contributed by atoms with van der Waals surface area (Å²) in [5, 5.41) is 10.2. The van der Waals surface area contributed by atoms with Crippen LogP contribution < -0.4 is 5.73 Å². The molecule has 28 heavy (non-hydrogen) atoms. The maximum absolute atomic E-state index is 14.9. The lowest BCUT2D eigenvalue weighted by Crippen LogP contribution is -2.53. The first-order chi connectivity index (χ1) is 13.1. The van der Waals surface area contributed by atoms with E-state index in [1.165, 1.54) is 28.8 Å². The van der Waals surface area contributed by atoms with Crippen molar-refractivity contribution >= 4 is 28.7 Å². The van der Waals surface area contributed by atoms with E-state index in [1.807, 2.05) is 20.8 Å². The number of nitrogens with two attached hydrogens (primary N) is 1. The van der Waals surface area contributed by atoms with E-state index < -0.39 is 17.2 Å². The maximum Gasteiger partial charge on any atom is 0.413 e. The van der Waals surface area contributed by atoms with Gasteiger partial charge in [-0.05, 0) is 58.2 Å². The van der Waals surface area contributed by atoms with Gasteiger partial charge in [-0.25, -0.2) is 9.18 Å². The summed E-state index contributed by atoms with van der Waals surface area (Å²) in [4.78, 5) is 18.2. The summed E-state index contributed by atoms with van der Waals surface area (Å²) in [5.74, 6) is 0.321. The number of fused-ring (bicyclic) bond motifs is 1. The molecule has 1 aromatic rings. The second kappa shape index (κ2) is 7.55. The van der Waals surface area contributed by atoms with Gasteiger partial charge in [0.2, 0.25) is 0 Å². The number of nitrogens with zero attached hydrogens (tertiary/aromatic N) is 2. The molecule has 8 heteroatoms. The van der Waals surface area contributed by atoms with Gasteiger partial charge in [-0.2, -0.15) is 0 Å². The van der Waals surface area contributed by atoms with Gasteiger partial charge in [-0.3, -0.25) is 9.89 Å². The topological polar surface area (TPSA) is 88.2 Å². The van der Waals surface area contributed by atoms with Gasteiger partial charge < -0.3 is 15.6 Å². The number of benzene rings is 1. The molecule has 6 nitrogen and oxygen atoms in total. The van der Waals surface area contributed by atoms with Gasteiger partial charge in [0.15, 0.2) is 5.17 Å². The maximum atomic E-state index is 14.9. The molecular formula is C20H28FN3O3S. The van der Waals surface area contributed by atoms with Crippen LogP contribution in [0.25, 0.3) is 0 Å². The fourth-order valence-corrected chi connectivity index (χ4v) is 5.69. The van der Waals surface area contributed by atoms with Crippen molar-refractivity contribution in [1.29, 1.82) is 0 Å². The van der Waals surface area contributed by atoms with Crippen LogP contribution in [0.3, 0.4) is 0 Å². The molecule has 1 aliphatic heterocycles. The number of aliphatic imine (C=N–C) groups is 1.